The summed E-state index contributed by atoms with van der Waals surface area (Å²) in [5, 5.41) is 6.14. The van der Waals surface area contributed by atoms with Crippen molar-refractivity contribution in [3.05, 3.63) is 89.5 Å². The predicted octanol–water partition coefficient (Wildman–Crippen LogP) is 3.69. The zero-order valence-electron chi connectivity index (χ0n) is 20.3. The van der Waals surface area contributed by atoms with E-state index in [1.165, 1.54) is 5.56 Å². The molecule has 2 N–H and O–H groups in total. The number of nitrogens with zero attached hydrogens (tertiary/aromatic N) is 2. The first kappa shape index (κ1) is 24.1. The Balaban J connectivity index is 1.28. The third kappa shape index (κ3) is 6.32. The van der Waals surface area contributed by atoms with Crippen molar-refractivity contribution >= 4 is 23.2 Å². The molecule has 0 atom stereocenters. The van der Waals surface area contributed by atoms with Gasteiger partial charge in [-0.2, -0.15) is 0 Å². The number of benzene rings is 3. The first-order valence-electron chi connectivity index (χ1n) is 11.9. The molecule has 0 aliphatic carbocycles. The van der Waals surface area contributed by atoms with Crippen LogP contribution in [-0.2, 0) is 11.3 Å². The molecule has 1 saturated heterocycles. The number of methoxy groups -OCH3 is 1. The molecule has 35 heavy (non-hydrogen) atoms. The lowest BCUT2D eigenvalue weighted by Gasteiger charge is -2.36. The van der Waals surface area contributed by atoms with E-state index in [4.69, 9.17) is 4.74 Å². The van der Waals surface area contributed by atoms with Crippen molar-refractivity contribution in [1.82, 2.24) is 10.2 Å². The Hall–Kier alpha value is -4.00. The zero-order valence-corrected chi connectivity index (χ0v) is 20.3. The van der Waals surface area contributed by atoms with Gasteiger partial charge in [0.15, 0.2) is 0 Å². The number of nitrogens with one attached hydrogen (secondary N) is 2. The fraction of sp³-hybridized carbons (Fsp3) is 0.286. The van der Waals surface area contributed by atoms with Crippen molar-refractivity contribution in [3.63, 3.8) is 0 Å². The molecule has 182 valence electrons. The quantitative estimate of drug-likeness (QED) is 0.523. The van der Waals surface area contributed by atoms with Gasteiger partial charge in [-0.15, -0.1) is 0 Å². The second kappa shape index (κ2) is 11.4. The highest BCUT2D eigenvalue weighted by Gasteiger charge is 2.21. The first-order valence-corrected chi connectivity index (χ1v) is 11.9. The van der Waals surface area contributed by atoms with E-state index in [0.717, 1.165) is 30.1 Å². The average Bonchev–Trinajstić information content (AvgIpc) is 2.91. The molecule has 0 spiro atoms. The lowest BCUT2D eigenvalue weighted by molar-refractivity contribution is -0.129. The molecule has 0 unspecified atom stereocenters. The molecule has 7 heteroatoms. The Morgan fingerprint density at radius 2 is 1.57 bits per heavy atom. The standard InChI is InChI=1S/C28H32N4O3/c1-21-7-9-22(10-8-21)19-30-28(34)25-5-3-4-6-26(25)29-20-27(33)32-17-15-31(16-18-32)23-11-13-24(35-2)14-12-23/h3-14,29H,15-20H2,1-2H3,(H,30,34). The summed E-state index contributed by atoms with van der Waals surface area (Å²) < 4.78 is 5.23. The minimum absolute atomic E-state index is 0.0225. The van der Waals surface area contributed by atoms with Gasteiger partial charge in [0.05, 0.1) is 19.2 Å². The number of rotatable bonds is 8. The van der Waals surface area contributed by atoms with Crippen molar-refractivity contribution < 1.29 is 14.3 Å². The summed E-state index contributed by atoms with van der Waals surface area (Å²) in [4.78, 5) is 29.8. The number of amides is 2. The van der Waals surface area contributed by atoms with Crippen LogP contribution in [0.15, 0.2) is 72.8 Å². The number of anilines is 2. The molecule has 0 radical (unpaired) electrons. The fourth-order valence-electron chi connectivity index (χ4n) is 4.11. The van der Waals surface area contributed by atoms with Crippen LogP contribution in [0.25, 0.3) is 0 Å². The van der Waals surface area contributed by atoms with Gasteiger partial charge in [0.1, 0.15) is 5.75 Å². The molecule has 2 amide bonds. The minimum Gasteiger partial charge on any atom is -0.497 e. The van der Waals surface area contributed by atoms with Crippen LogP contribution in [0.2, 0.25) is 0 Å². The fourth-order valence-corrected chi connectivity index (χ4v) is 4.11. The Kier molecular flexibility index (Phi) is 7.88. The number of aryl methyl sites for hydroxylation is 1. The van der Waals surface area contributed by atoms with E-state index in [1.807, 2.05) is 78.6 Å². The molecule has 0 aromatic heterocycles. The number of carbonyl (C=O) groups excluding carboxylic acids is 2. The van der Waals surface area contributed by atoms with Crippen LogP contribution in [0.1, 0.15) is 21.5 Å². The van der Waals surface area contributed by atoms with Gasteiger partial charge in [-0.3, -0.25) is 9.59 Å². The second-order valence-electron chi connectivity index (χ2n) is 8.63. The molecule has 4 rings (SSSR count). The van der Waals surface area contributed by atoms with Crippen LogP contribution < -0.4 is 20.3 Å². The summed E-state index contributed by atoms with van der Waals surface area (Å²) in [6, 6.07) is 23.3. The van der Waals surface area contributed by atoms with Crippen molar-refractivity contribution in [1.29, 1.82) is 0 Å². The van der Waals surface area contributed by atoms with Crippen molar-refractivity contribution in [2.75, 3.05) is 50.1 Å². The molecule has 1 fully saturated rings. The molecule has 1 aliphatic heterocycles. The number of hydrogen-bond acceptors (Lipinski definition) is 5. The molecule has 3 aromatic carbocycles. The topological polar surface area (TPSA) is 73.9 Å². The molecular weight excluding hydrogens is 440 g/mol. The van der Waals surface area contributed by atoms with Crippen LogP contribution in [0, 0.1) is 6.92 Å². The van der Waals surface area contributed by atoms with E-state index in [1.54, 1.807) is 13.2 Å². The molecule has 0 saturated carbocycles. The third-order valence-electron chi connectivity index (χ3n) is 6.25. The van der Waals surface area contributed by atoms with Crippen LogP contribution in [-0.4, -0.2) is 56.5 Å². The van der Waals surface area contributed by atoms with E-state index in [-0.39, 0.29) is 18.4 Å². The highest BCUT2D eigenvalue weighted by atomic mass is 16.5. The number of ether oxygens (including phenoxy) is 1. The molecule has 7 nitrogen and oxygen atoms in total. The maximum Gasteiger partial charge on any atom is 0.253 e. The Morgan fingerprint density at radius 3 is 2.26 bits per heavy atom. The van der Waals surface area contributed by atoms with Crippen molar-refractivity contribution in [3.8, 4) is 5.75 Å². The van der Waals surface area contributed by atoms with Crippen molar-refractivity contribution in [2.24, 2.45) is 0 Å². The van der Waals surface area contributed by atoms with Gasteiger partial charge < -0.3 is 25.2 Å². The third-order valence-corrected chi connectivity index (χ3v) is 6.25. The summed E-state index contributed by atoms with van der Waals surface area (Å²) in [7, 11) is 1.66. The number of para-hydroxylation sites is 1. The van der Waals surface area contributed by atoms with Gasteiger partial charge in [-0.05, 0) is 48.9 Å². The zero-order chi connectivity index (χ0) is 24.6. The number of carbonyl (C=O) groups is 2. The Bertz CT molecular complexity index is 1140. The summed E-state index contributed by atoms with van der Waals surface area (Å²) in [5.74, 6) is 0.682. The van der Waals surface area contributed by atoms with Gasteiger partial charge in [0, 0.05) is 44.1 Å². The minimum atomic E-state index is -0.172. The smallest absolute Gasteiger partial charge is 0.253 e. The van der Waals surface area contributed by atoms with E-state index in [2.05, 4.69) is 15.5 Å². The summed E-state index contributed by atoms with van der Waals surface area (Å²) >= 11 is 0. The van der Waals surface area contributed by atoms with Gasteiger partial charge >= 0.3 is 0 Å². The van der Waals surface area contributed by atoms with Gasteiger partial charge in [-0.1, -0.05) is 42.0 Å². The maximum atomic E-state index is 12.8. The Labute approximate surface area is 206 Å². The molecule has 1 aliphatic rings. The predicted molar refractivity (Wildman–Crippen MR) is 139 cm³/mol. The number of piperazine rings is 1. The van der Waals surface area contributed by atoms with Crippen LogP contribution in [0.4, 0.5) is 11.4 Å². The highest BCUT2D eigenvalue weighted by Crippen LogP contribution is 2.21. The SMILES string of the molecule is COc1ccc(N2CCN(C(=O)CNc3ccccc3C(=O)NCc3ccc(C)cc3)CC2)cc1. The second-order valence-corrected chi connectivity index (χ2v) is 8.63. The van der Waals surface area contributed by atoms with E-state index < -0.39 is 0 Å². The molecule has 1 heterocycles. The monoisotopic (exact) mass is 472 g/mol. The van der Waals surface area contributed by atoms with Crippen molar-refractivity contribution in [2.45, 2.75) is 13.5 Å². The van der Waals surface area contributed by atoms with Crippen LogP contribution in [0.5, 0.6) is 5.75 Å². The first-order chi connectivity index (χ1) is 17.0. The highest BCUT2D eigenvalue weighted by molar-refractivity contribution is 6.00. The van der Waals surface area contributed by atoms with E-state index >= 15 is 0 Å². The summed E-state index contributed by atoms with van der Waals surface area (Å²) in [6.45, 7) is 5.49. The molecule has 3 aromatic rings. The van der Waals surface area contributed by atoms with E-state index in [9.17, 15) is 9.59 Å². The number of hydrogen-bond donors (Lipinski definition) is 2. The maximum absolute atomic E-state index is 12.8. The summed E-state index contributed by atoms with van der Waals surface area (Å²) in [5.41, 5.74) is 4.53. The largest absolute Gasteiger partial charge is 0.497 e. The average molecular weight is 473 g/mol. The van der Waals surface area contributed by atoms with Gasteiger partial charge in [-0.25, -0.2) is 0 Å². The lowest BCUT2D eigenvalue weighted by atomic mass is 10.1. The molecular formula is C28H32N4O3. The van der Waals surface area contributed by atoms with Gasteiger partial charge in [0.2, 0.25) is 5.91 Å². The van der Waals surface area contributed by atoms with Gasteiger partial charge in [0.25, 0.3) is 5.91 Å². The molecule has 0 bridgehead atoms. The lowest BCUT2D eigenvalue weighted by Crippen LogP contribution is -2.50. The normalized spacial score (nSPS) is 13.3. The summed E-state index contributed by atoms with van der Waals surface area (Å²) in [6.07, 6.45) is 0. The van der Waals surface area contributed by atoms with Crippen LogP contribution >= 0.6 is 0 Å². The Morgan fingerprint density at radius 1 is 0.886 bits per heavy atom. The van der Waals surface area contributed by atoms with Crippen LogP contribution in [0.3, 0.4) is 0 Å². The van der Waals surface area contributed by atoms with E-state index in [0.29, 0.717) is 30.9 Å².